The van der Waals surface area contributed by atoms with E-state index in [4.69, 9.17) is 16.2 Å². The average Bonchev–Trinajstić information content (AvgIpc) is 2.27. The largest absolute Gasteiger partial charge is 0.463 e. The Kier molecular flexibility index (Phi) is 4.75. The highest BCUT2D eigenvalue weighted by Crippen LogP contribution is 2.19. The number of ether oxygens (including phenoxy) is 1. The monoisotopic (exact) mass is 233 g/mol. The van der Waals surface area contributed by atoms with Crippen LogP contribution in [0.2, 0.25) is 0 Å². The van der Waals surface area contributed by atoms with Crippen molar-refractivity contribution in [1.29, 1.82) is 0 Å². The molecule has 0 aliphatic heterocycles. The molecule has 0 radical (unpaired) electrons. The standard InChI is InChI=1S/C12H15N3O2/c1-2-17-11(16)8-7-9-5-3-4-6-10(9)15-12(13)14/h3-8H,2H2,1H3,(H4,13,14,15)/b8-7+. The van der Waals surface area contributed by atoms with Crippen LogP contribution >= 0.6 is 0 Å². The van der Waals surface area contributed by atoms with Gasteiger partial charge < -0.3 is 16.2 Å². The zero-order valence-corrected chi connectivity index (χ0v) is 9.59. The molecule has 0 atom stereocenters. The molecule has 5 nitrogen and oxygen atoms in total. The van der Waals surface area contributed by atoms with E-state index in [9.17, 15) is 4.79 Å². The average molecular weight is 233 g/mol. The number of guanidine groups is 1. The number of para-hydroxylation sites is 1. The van der Waals surface area contributed by atoms with Gasteiger partial charge in [0.15, 0.2) is 5.96 Å². The van der Waals surface area contributed by atoms with Gasteiger partial charge in [-0.15, -0.1) is 0 Å². The van der Waals surface area contributed by atoms with E-state index in [2.05, 4.69) is 4.99 Å². The molecule has 0 fully saturated rings. The van der Waals surface area contributed by atoms with Crippen molar-refractivity contribution in [2.24, 2.45) is 16.5 Å². The van der Waals surface area contributed by atoms with E-state index < -0.39 is 5.97 Å². The fourth-order valence-corrected chi connectivity index (χ4v) is 1.22. The molecule has 0 amide bonds. The Hall–Kier alpha value is -2.30. The zero-order chi connectivity index (χ0) is 12.7. The smallest absolute Gasteiger partial charge is 0.330 e. The van der Waals surface area contributed by atoms with Crippen LogP contribution in [-0.2, 0) is 9.53 Å². The Morgan fingerprint density at radius 3 is 2.76 bits per heavy atom. The number of benzene rings is 1. The number of esters is 1. The molecule has 0 spiro atoms. The van der Waals surface area contributed by atoms with E-state index in [1.807, 2.05) is 12.1 Å². The van der Waals surface area contributed by atoms with Crippen molar-refractivity contribution in [3.8, 4) is 0 Å². The van der Waals surface area contributed by atoms with Gasteiger partial charge in [0, 0.05) is 11.6 Å². The molecular formula is C12H15N3O2. The molecule has 90 valence electrons. The summed E-state index contributed by atoms with van der Waals surface area (Å²) in [4.78, 5) is 15.1. The fourth-order valence-electron chi connectivity index (χ4n) is 1.22. The van der Waals surface area contributed by atoms with Crippen molar-refractivity contribution in [2.75, 3.05) is 6.61 Å². The minimum atomic E-state index is -0.396. The third kappa shape index (κ3) is 4.38. The lowest BCUT2D eigenvalue weighted by Crippen LogP contribution is -2.21. The summed E-state index contributed by atoms with van der Waals surface area (Å²) in [6.07, 6.45) is 2.95. The molecule has 0 aromatic heterocycles. The van der Waals surface area contributed by atoms with E-state index in [1.54, 1.807) is 25.1 Å². The van der Waals surface area contributed by atoms with E-state index in [-0.39, 0.29) is 5.96 Å². The Labute approximate surface area is 99.8 Å². The maximum Gasteiger partial charge on any atom is 0.330 e. The Bertz CT molecular complexity index is 449. The minimum Gasteiger partial charge on any atom is -0.463 e. The summed E-state index contributed by atoms with van der Waals surface area (Å²) in [5.41, 5.74) is 12.0. The van der Waals surface area contributed by atoms with Gasteiger partial charge in [-0.05, 0) is 19.1 Å². The summed E-state index contributed by atoms with van der Waals surface area (Å²) < 4.78 is 4.77. The number of hydrogen-bond donors (Lipinski definition) is 2. The first-order valence-electron chi connectivity index (χ1n) is 5.17. The minimum absolute atomic E-state index is 0.0259. The van der Waals surface area contributed by atoms with Crippen molar-refractivity contribution in [2.45, 2.75) is 6.92 Å². The predicted molar refractivity (Wildman–Crippen MR) is 67.6 cm³/mol. The van der Waals surface area contributed by atoms with Crippen molar-refractivity contribution in [1.82, 2.24) is 0 Å². The lowest BCUT2D eigenvalue weighted by atomic mass is 10.1. The molecule has 1 rings (SSSR count). The molecule has 0 saturated carbocycles. The molecule has 5 heteroatoms. The second-order valence-electron chi connectivity index (χ2n) is 3.18. The van der Waals surface area contributed by atoms with Crippen LogP contribution in [-0.4, -0.2) is 18.5 Å². The summed E-state index contributed by atoms with van der Waals surface area (Å²) >= 11 is 0. The number of nitrogens with two attached hydrogens (primary N) is 2. The number of carbonyl (C=O) groups excluding carboxylic acids is 1. The van der Waals surface area contributed by atoms with Crippen molar-refractivity contribution in [3.63, 3.8) is 0 Å². The number of carbonyl (C=O) groups is 1. The molecule has 4 N–H and O–H groups in total. The molecule has 1 aromatic carbocycles. The van der Waals surface area contributed by atoms with Gasteiger partial charge in [0.1, 0.15) is 0 Å². The Balaban J connectivity index is 2.91. The normalized spacial score (nSPS) is 10.2. The first kappa shape index (κ1) is 12.8. The van der Waals surface area contributed by atoms with E-state index >= 15 is 0 Å². The van der Waals surface area contributed by atoms with Crippen LogP contribution in [0.1, 0.15) is 12.5 Å². The van der Waals surface area contributed by atoms with Crippen LogP contribution in [0, 0.1) is 0 Å². The van der Waals surface area contributed by atoms with Crippen LogP contribution in [0.25, 0.3) is 6.08 Å². The van der Waals surface area contributed by atoms with Crippen LogP contribution in [0.3, 0.4) is 0 Å². The van der Waals surface area contributed by atoms with Crippen LogP contribution in [0.15, 0.2) is 35.3 Å². The Morgan fingerprint density at radius 2 is 2.12 bits per heavy atom. The SMILES string of the molecule is CCOC(=O)/C=C/c1ccccc1N=C(N)N. The second-order valence-corrected chi connectivity index (χ2v) is 3.18. The first-order chi connectivity index (χ1) is 8.13. The number of aliphatic imine (C=N–C) groups is 1. The van der Waals surface area contributed by atoms with E-state index in [0.29, 0.717) is 12.3 Å². The van der Waals surface area contributed by atoms with Crippen LogP contribution < -0.4 is 11.5 Å². The van der Waals surface area contributed by atoms with Gasteiger partial charge in [-0.1, -0.05) is 18.2 Å². The number of nitrogens with zero attached hydrogens (tertiary/aromatic N) is 1. The quantitative estimate of drug-likeness (QED) is 0.353. The molecule has 1 aromatic rings. The first-order valence-corrected chi connectivity index (χ1v) is 5.17. The Morgan fingerprint density at radius 1 is 1.41 bits per heavy atom. The van der Waals surface area contributed by atoms with Gasteiger partial charge in [-0.2, -0.15) is 0 Å². The van der Waals surface area contributed by atoms with Gasteiger partial charge in [0.25, 0.3) is 0 Å². The summed E-state index contributed by atoms with van der Waals surface area (Å²) in [5.74, 6) is -0.422. The summed E-state index contributed by atoms with van der Waals surface area (Å²) in [7, 11) is 0. The predicted octanol–water partition coefficient (Wildman–Crippen LogP) is 1.17. The molecule has 0 aliphatic rings. The lowest BCUT2D eigenvalue weighted by molar-refractivity contribution is -0.137. The highest BCUT2D eigenvalue weighted by Gasteiger charge is 1.99. The second kappa shape index (κ2) is 6.32. The third-order valence-corrected chi connectivity index (χ3v) is 1.87. The van der Waals surface area contributed by atoms with Crippen molar-refractivity contribution in [3.05, 3.63) is 35.9 Å². The topological polar surface area (TPSA) is 90.7 Å². The van der Waals surface area contributed by atoms with Gasteiger partial charge in [-0.3, -0.25) is 0 Å². The maximum absolute atomic E-state index is 11.2. The lowest BCUT2D eigenvalue weighted by Gasteiger charge is -2.00. The summed E-state index contributed by atoms with van der Waals surface area (Å²) in [5, 5.41) is 0. The molecule has 17 heavy (non-hydrogen) atoms. The number of hydrogen-bond acceptors (Lipinski definition) is 3. The van der Waals surface area contributed by atoms with Gasteiger partial charge in [0.05, 0.1) is 12.3 Å². The third-order valence-electron chi connectivity index (χ3n) is 1.87. The van der Waals surface area contributed by atoms with E-state index in [1.165, 1.54) is 6.08 Å². The molecule has 0 heterocycles. The molecule has 0 unspecified atom stereocenters. The van der Waals surface area contributed by atoms with Crippen molar-refractivity contribution >= 4 is 23.7 Å². The number of rotatable bonds is 4. The van der Waals surface area contributed by atoms with Gasteiger partial charge in [-0.25, -0.2) is 9.79 Å². The van der Waals surface area contributed by atoms with Gasteiger partial charge >= 0.3 is 5.97 Å². The highest BCUT2D eigenvalue weighted by molar-refractivity contribution is 5.89. The molecule has 0 saturated heterocycles. The molecule has 0 aliphatic carbocycles. The summed E-state index contributed by atoms with van der Waals surface area (Å²) in [6, 6.07) is 7.20. The molecule has 0 bridgehead atoms. The van der Waals surface area contributed by atoms with E-state index in [0.717, 1.165) is 5.56 Å². The van der Waals surface area contributed by atoms with Crippen molar-refractivity contribution < 1.29 is 9.53 Å². The fraction of sp³-hybridized carbons (Fsp3) is 0.167. The van der Waals surface area contributed by atoms with Crippen LogP contribution in [0.5, 0.6) is 0 Å². The summed E-state index contributed by atoms with van der Waals surface area (Å²) in [6.45, 7) is 2.10. The van der Waals surface area contributed by atoms with Gasteiger partial charge in [0.2, 0.25) is 0 Å². The van der Waals surface area contributed by atoms with Crippen LogP contribution in [0.4, 0.5) is 5.69 Å². The molecular weight excluding hydrogens is 218 g/mol. The maximum atomic E-state index is 11.2. The highest BCUT2D eigenvalue weighted by atomic mass is 16.5. The zero-order valence-electron chi connectivity index (χ0n) is 9.59.